The number of nitrogens with zero attached hydrogens (tertiary/aromatic N) is 4. The highest BCUT2D eigenvalue weighted by molar-refractivity contribution is 6.14. The lowest BCUT2D eigenvalue weighted by Gasteiger charge is -2.30. The number of para-hydroxylation sites is 2. The summed E-state index contributed by atoms with van der Waals surface area (Å²) in [6.45, 7) is 0. The normalized spacial score (nSPS) is 13.3. The number of fused-ring (bicyclic) bond motifs is 19. The topological polar surface area (TPSA) is 69.9 Å². The maximum absolute atomic E-state index is 6.66. The number of benzene rings is 10. The van der Waals surface area contributed by atoms with Gasteiger partial charge >= 0.3 is 0 Å². The molecular formula is C64H36N4O2. The van der Waals surface area contributed by atoms with Crippen LogP contribution in [0.5, 0.6) is 0 Å². The van der Waals surface area contributed by atoms with Crippen LogP contribution >= 0.6 is 0 Å². The summed E-state index contributed by atoms with van der Waals surface area (Å²) < 4.78 is 15.3. The molecule has 0 saturated carbocycles. The molecular weight excluding hydrogens is 857 g/mol. The molecule has 6 heteroatoms. The fourth-order valence-electron chi connectivity index (χ4n) is 12.2. The van der Waals surface area contributed by atoms with Crippen molar-refractivity contribution in [2.45, 2.75) is 5.41 Å². The zero-order valence-corrected chi connectivity index (χ0v) is 37.4. The number of hydrogen-bond donors (Lipinski definition) is 0. The molecule has 0 saturated heterocycles. The summed E-state index contributed by atoms with van der Waals surface area (Å²) in [6.07, 6.45) is 0. The van der Waals surface area contributed by atoms with Gasteiger partial charge in [-0.05, 0) is 110 Å². The average Bonchev–Trinajstić information content (AvgIpc) is 4.22. The van der Waals surface area contributed by atoms with Crippen LogP contribution in [-0.2, 0) is 5.41 Å². The summed E-state index contributed by atoms with van der Waals surface area (Å²) in [4.78, 5) is 16.2. The Kier molecular flexibility index (Phi) is 7.45. The monoisotopic (exact) mass is 892 g/mol. The minimum atomic E-state index is -0.519. The molecule has 0 radical (unpaired) electrons. The lowest BCUT2D eigenvalue weighted by molar-refractivity contribution is 0.668. The number of hydrogen-bond acceptors (Lipinski definition) is 5. The van der Waals surface area contributed by atoms with Crippen LogP contribution in [0.3, 0.4) is 0 Å². The zero-order chi connectivity index (χ0) is 45.7. The Morgan fingerprint density at radius 3 is 1.59 bits per heavy atom. The second-order valence-corrected chi connectivity index (χ2v) is 18.6. The van der Waals surface area contributed by atoms with Gasteiger partial charge in [0.15, 0.2) is 11.6 Å². The van der Waals surface area contributed by atoms with Crippen LogP contribution in [0.4, 0.5) is 0 Å². The SMILES string of the molecule is c1ccc(-c2cccc3oc4cc(-c5nc(-c6ccc7c(c6)oc6ccccc67)nc(-n6c7ccccc7c7cc8c(cc76)C6(c7ccccc7-c7ccccc76)c6ccccc6-8)n5)ccc4c23)cc1. The predicted molar refractivity (Wildman–Crippen MR) is 281 cm³/mol. The third-order valence-corrected chi connectivity index (χ3v) is 15.1. The number of aromatic nitrogens is 4. The van der Waals surface area contributed by atoms with Crippen molar-refractivity contribution in [3.05, 3.63) is 241 Å². The van der Waals surface area contributed by atoms with Gasteiger partial charge < -0.3 is 8.83 Å². The summed E-state index contributed by atoms with van der Waals surface area (Å²) in [6, 6.07) is 77.8. The fourth-order valence-corrected chi connectivity index (χ4v) is 12.2. The van der Waals surface area contributed by atoms with Crippen LogP contribution in [0.15, 0.2) is 227 Å². The second kappa shape index (κ2) is 13.8. The molecule has 0 unspecified atom stereocenters. The van der Waals surface area contributed by atoms with E-state index >= 15 is 0 Å². The van der Waals surface area contributed by atoms with Gasteiger partial charge in [0.05, 0.1) is 16.4 Å². The van der Waals surface area contributed by atoms with Gasteiger partial charge in [-0.25, -0.2) is 4.98 Å². The first-order chi connectivity index (χ1) is 34.7. The van der Waals surface area contributed by atoms with Crippen molar-refractivity contribution in [1.29, 1.82) is 0 Å². The van der Waals surface area contributed by atoms with E-state index in [4.69, 9.17) is 23.8 Å². The van der Waals surface area contributed by atoms with Crippen molar-refractivity contribution in [3.63, 3.8) is 0 Å². The molecule has 2 aliphatic carbocycles. The first-order valence-corrected chi connectivity index (χ1v) is 23.8. The van der Waals surface area contributed by atoms with Crippen LogP contribution < -0.4 is 0 Å². The van der Waals surface area contributed by atoms with Crippen molar-refractivity contribution in [3.8, 4) is 62.1 Å². The Balaban J connectivity index is 0.967. The summed E-state index contributed by atoms with van der Waals surface area (Å²) in [5, 5.41) is 6.48. The maximum atomic E-state index is 6.66. The molecule has 0 amide bonds. The Morgan fingerprint density at radius 2 is 0.857 bits per heavy atom. The molecule has 324 valence electrons. The van der Waals surface area contributed by atoms with Gasteiger partial charge in [0.1, 0.15) is 22.3 Å². The molecule has 0 aliphatic heterocycles. The van der Waals surface area contributed by atoms with Gasteiger partial charge in [-0.15, -0.1) is 0 Å². The quantitative estimate of drug-likeness (QED) is 0.176. The second-order valence-electron chi connectivity index (χ2n) is 18.6. The van der Waals surface area contributed by atoms with Crippen LogP contribution in [0.1, 0.15) is 22.3 Å². The van der Waals surface area contributed by atoms with Gasteiger partial charge in [-0.2, -0.15) is 9.97 Å². The molecule has 70 heavy (non-hydrogen) atoms. The Labute approximate surface area is 400 Å². The molecule has 0 bridgehead atoms. The van der Waals surface area contributed by atoms with Crippen molar-refractivity contribution in [2.75, 3.05) is 0 Å². The minimum Gasteiger partial charge on any atom is -0.456 e. The van der Waals surface area contributed by atoms with Crippen LogP contribution in [0.2, 0.25) is 0 Å². The highest BCUT2D eigenvalue weighted by atomic mass is 16.3. The first-order valence-electron chi connectivity index (χ1n) is 23.8. The van der Waals surface area contributed by atoms with Crippen LogP contribution in [0.25, 0.3) is 128 Å². The molecule has 0 atom stereocenters. The van der Waals surface area contributed by atoms with E-state index in [0.717, 1.165) is 87.9 Å². The Hall–Kier alpha value is -9.39. The van der Waals surface area contributed by atoms with E-state index in [1.165, 1.54) is 44.5 Å². The smallest absolute Gasteiger partial charge is 0.238 e. The lowest BCUT2D eigenvalue weighted by Crippen LogP contribution is -2.25. The van der Waals surface area contributed by atoms with Crippen molar-refractivity contribution in [1.82, 2.24) is 19.5 Å². The van der Waals surface area contributed by atoms with Gasteiger partial charge in [-0.1, -0.05) is 164 Å². The molecule has 6 nitrogen and oxygen atoms in total. The van der Waals surface area contributed by atoms with E-state index in [-0.39, 0.29) is 0 Å². The van der Waals surface area contributed by atoms with E-state index in [2.05, 4.69) is 193 Å². The molecule has 2 aliphatic rings. The maximum Gasteiger partial charge on any atom is 0.238 e. The summed E-state index contributed by atoms with van der Waals surface area (Å²) in [7, 11) is 0. The van der Waals surface area contributed by atoms with Gasteiger partial charge in [0.25, 0.3) is 0 Å². The predicted octanol–water partition coefficient (Wildman–Crippen LogP) is 16.1. The highest BCUT2D eigenvalue weighted by Crippen LogP contribution is 2.63. The molecule has 16 rings (SSSR count). The molecule has 4 aromatic heterocycles. The average molecular weight is 893 g/mol. The van der Waals surface area contributed by atoms with E-state index in [9.17, 15) is 0 Å². The summed E-state index contributed by atoms with van der Waals surface area (Å²) in [5.41, 5.74) is 18.8. The lowest BCUT2D eigenvalue weighted by atomic mass is 9.70. The fraction of sp³-hybridized carbons (Fsp3) is 0.0156. The van der Waals surface area contributed by atoms with Crippen molar-refractivity contribution >= 4 is 65.7 Å². The largest absolute Gasteiger partial charge is 0.456 e. The third kappa shape index (κ3) is 4.98. The molecule has 0 N–H and O–H groups in total. The number of rotatable bonds is 4. The van der Waals surface area contributed by atoms with E-state index in [1.54, 1.807) is 0 Å². The third-order valence-electron chi connectivity index (χ3n) is 15.1. The Morgan fingerprint density at radius 1 is 0.314 bits per heavy atom. The van der Waals surface area contributed by atoms with Crippen molar-refractivity contribution in [2.24, 2.45) is 0 Å². The van der Waals surface area contributed by atoms with E-state index < -0.39 is 5.41 Å². The standard InChI is InChI=1S/C64H36N4O2/c1-2-15-37(16-3-1)40-22-14-28-57-60(40)47-32-30-39(34-59(47)70-57)62-65-61(38-29-31-46-45-21-8-13-27-56(45)69-58(46)33-38)66-63(67-62)68-54-26-12-7-20-44(54)49-35-48-43-19-6-11-25-52(43)64(53(48)36-55(49)68)50-23-9-4-17-41(50)42-18-5-10-24-51(42)64/h1-36H. The first kappa shape index (κ1) is 37.7. The highest BCUT2D eigenvalue weighted by Gasteiger charge is 2.51. The van der Waals surface area contributed by atoms with Gasteiger partial charge in [-0.3, -0.25) is 4.57 Å². The molecule has 4 heterocycles. The van der Waals surface area contributed by atoms with Gasteiger partial charge in [0.2, 0.25) is 5.95 Å². The molecule has 10 aromatic carbocycles. The molecule has 1 spiro atoms. The molecule has 14 aromatic rings. The van der Waals surface area contributed by atoms with E-state index in [1.807, 2.05) is 30.3 Å². The summed E-state index contributed by atoms with van der Waals surface area (Å²) in [5.74, 6) is 1.58. The van der Waals surface area contributed by atoms with Crippen LogP contribution in [0, 0.1) is 0 Å². The zero-order valence-electron chi connectivity index (χ0n) is 37.4. The van der Waals surface area contributed by atoms with Crippen LogP contribution in [-0.4, -0.2) is 19.5 Å². The van der Waals surface area contributed by atoms with Gasteiger partial charge in [0, 0.05) is 43.4 Å². The summed E-state index contributed by atoms with van der Waals surface area (Å²) >= 11 is 0. The van der Waals surface area contributed by atoms with E-state index in [0.29, 0.717) is 17.6 Å². The Bertz CT molecular complexity index is 4510. The van der Waals surface area contributed by atoms with Crippen molar-refractivity contribution < 1.29 is 8.83 Å². The minimum absolute atomic E-state index is 0.517. The molecule has 0 fully saturated rings. The number of furan rings is 2.